The maximum absolute atomic E-state index is 12.6. The second-order valence-corrected chi connectivity index (χ2v) is 5.03. The van der Waals surface area contributed by atoms with Gasteiger partial charge in [0.15, 0.2) is 0 Å². The van der Waals surface area contributed by atoms with Gasteiger partial charge in [0.25, 0.3) is 5.56 Å². The van der Waals surface area contributed by atoms with Crippen molar-refractivity contribution in [3.8, 4) is 0 Å². The number of pyridine rings is 1. The van der Waals surface area contributed by atoms with E-state index < -0.39 is 0 Å². The van der Waals surface area contributed by atoms with E-state index in [2.05, 4.69) is 11.9 Å². The fraction of sp³-hybridized carbons (Fsp3) is 0.357. The molecule has 0 aliphatic carbocycles. The molecule has 0 radical (unpaired) electrons. The number of piperazine rings is 1. The van der Waals surface area contributed by atoms with Crippen LogP contribution in [0.4, 0.5) is 5.82 Å². The number of aromatic nitrogens is 1. The molecule has 19 heavy (non-hydrogen) atoms. The summed E-state index contributed by atoms with van der Waals surface area (Å²) in [6, 6.07) is 9.44. The fourth-order valence-corrected chi connectivity index (χ4v) is 2.56. The Morgan fingerprint density at radius 1 is 1.11 bits per heavy atom. The molecule has 5 nitrogen and oxygen atoms in total. The Morgan fingerprint density at radius 3 is 2.53 bits per heavy atom. The highest BCUT2D eigenvalue weighted by Crippen LogP contribution is 2.14. The van der Waals surface area contributed by atoms with E-state index in [0.717, 1.165) is 37.0 Å². The Bertz CT molecular complexity index is 656. The summed E-state index contributed by atoms with van der Waals surface area (Å²) in [5.74, 6) is 0.508. The first-order chi connectivity index (χ1) is 9.16. The van der Waals surface area contributed by atoms with Gasteiger partial charge >= 0.3 is 0 Å². The number of nitrogens with two attached hydrogens (primary N) is 1. The number of fused-ring (bicyclic) bond motifs is 1. The molecule has 1 aromatic heterocycles. The third-order valence-corrected chi connectivity index (χ3v) is 3.69. The molecule has 0 atom stereocenters. The average molecular weight is 258 g/mol. The highest BCUT2D eigenvalue weighted by molar-refractivity contribution is 5.83. The van der Waals surface area contributed by atoms with E-state index >= 15 is 0 Å². The first kappa shape index (κ1) is 12.0. The van der Waals surface area contributed by atoms with Crippen molar-refractivity contribution in [2.45, 2.75) is 0 Å². The topological polar surface area (TPSA) is 54.5 Å². The van der Waals surface area contributed by atoms with Crippen molar-refractivity contribution in [3.63, 3.8) is 0 Å². The van der Waals surface area contributed by atoms with E-state index in [1.54, 1.807) is 4.68 Å². The molecule has 0 spiro atoms. The minimum Gasteiger partial charge on any atom is -0.384 e. The van der Waals surface area contributed by atoms with Gasteiger partial charge in [0.05, 0.1) is 0 Å². The van der Waals surface area contributed by atoms with Gasteiger partial charge in [-0.15, -0.1) is 0 Å². The van der Waals surface area contributed by atoms with Crippen molar-refractivity contribution >= 4 is 16.6 Å². The summed E-state index contributed by atoms with van der Waals surface area (Å²) in [6.07, 6.45) is 0. The minimum atomic E-state index is -0.0276. The van der Waals surface area contributed by atoms with Crippen molar-refractivity contribution in [3.05, 3.63) is 40.7 Å². The van der Waals surface area contributed by atoms with Gasteiger partial charge in [0, 0.05) is 31.6 Å². The lowest BCUT2D eigenvalue weighted by molar-refractivity contribution is 0.287. The normalized spacial score (nSPS) is 17.0. The zero-order chi connectivity index (χ0) is 13.4. The summed E-state index contributed by atoms with van der Waals surface area (Å²) in [6.45, 7) is 3.52. The van der Waals surface area contributed by atoms with Crippen LogP contribution in [0.1, 0.15) is 0 Å². The van der Waals surface area contributed by atoms with E-state index in [1.807, 2.05) is 35.3 Å². The standard InChI is InChI=1S/C14H18N4O/c1-16-6-8-17(9-7-16)18-13(15)10-11-4-2-3-5-12(11)14(18)19/h2-5,10H,6-9,15H2,1H3. The molecular formula is C14H18N4O. The SMILES string of the molecule is CN1CCN(n2c(N)cc3ccccc3c2=O)CC1. The number of anilines is 1. The molecule has 1 saturated heterocycles. The first-order valence-corrected chi connectivity index (χ1v) is 6.51. The molecule has 1 fully saturated rings. The molecule has 0 saturated carbocycles. The van der Waals surface area contributed by atoms with Gasteiger partial charge in [-0.2, -0.15) is 0 Å². The number of benzene rings is 1. The van der Waals surface area contributed by atoms with Gasteiger partial charge in [-0.1, -0.05) is 18.2 Å². The van der Waals surface area contributed by atoms with Crippen LogP contribution < -0.4 is 16.3 Å². The monoisotopic (exact) mass is 258 g/mol. The predicted octanol–water partition coefficient (Wildman–Crippen LogP) is 0.467. The second-order valence-electron chi connectivity index (χ2n) is 5.03. The van der Waals surface area contributed by atoms with Gasteiger partial charge in [-0.3, -0.25) is 4.79 Å². The van der Waals surface area contributed by atoms with Gasteiger partial charge in [0.1, 0.15) is 5.82 Å². The van der Waals surface area contributed by atoms with Gasteiger partial charge in [0.2, 0.25) is 0 Å². The van der Waals surface area contributed by atoms with Gasteiger partial charge < -0.3 is 15.6 Å². The molecule has 2 heterocycles. The highest BCUT2D eigenvalue weighted by atomic mass is 16.1. The van der Waals surface area contributed by atoms with Crippen molar-refractivity contribution in [1.82, 2.24) is 9.58 Å². The lowest BCUT2D eigenvalue weighted by Crippen LogP contribution is -2.53. The number of hydrogen-bond donors (Lipinski definition) is 1. The Kier molecular flexibility index (Phi) is 2.91. The second kappa shape index (κ2) is 4.59. The molecule has 2 aromatic rings. The maximum atomic E-state index is 12.6. The zero-order valence-corrected chi connectivity index (χ0v) is 11.0. The molecule has 1 aliphatic heterocycles. The van der Waals surface area contributed by atoms with Crippen LogP contribution in [0.25, 0.3) is 10.8 Å². The van der Waals surface area contributed by atoms with E-state index in [1.165, 1.54) is 0 Å². The summed E-state index contributed by atoms with van der Waals surface area (Å²) >= 11 is 0. The molecule has 0 amide bonds. The summed E-state index contributed by atoms with van der Waals surface area (Å²) in [4.78, 5) is 14.8. The molecule has 0 unspecified atom stereocenters. The Hall–Kier alpha value is -2.01. The summed E-state index contributed by atoms with van der Waals surface area (Å²) in [7, 11) is 2.09. The van der Waals surface area contributed by atoms with Gasteiger partial charge in [-0.25, -0.2) is 4.68 Å². The van der Waals surface area contributed by atoms with Crippen LogP contribution in [0.3, 0.4) is 0 Å². The molecular weight excluding hydrogens is 240 g/mol. The Balaban J connectivity index is 2.11. The Labute approximate surface area is 111 Å². The number of nitrogen functional groups attached to an aromatic ring is 1. The Morgan fingerprint density at radius 2 is 1.79 bits per heavy atom. The predicted molar refractivity (Wildman–Crippen MR) is 78.1 cm³/mol. The summed E-state index contributed by atoms with van der Waals surface area (Å²) < 4.78 is 1.62. The molecule has 5 heteroatoms. The average Bonchev–Trinajstić information content (AvgIpc) is 2.41. The highest BCUT2D eigenvalue weighted by Gasteiger charge is 2.18. The third kappa shape index (κ3) is 2.06. The van der Waals surface area contributed by atoms with E-state index in [-0.39, 0.29) is 5.56 Å². The van der Waals surface area contributed by atoms with Crippen LogP contribution in [0.15, 0.2) is 35.1 Å². The summed E-state index contributed by atoms with van der Waals surface area (Å²) in [5.41, 5.74) is 6.03. The van der Waals surface area contributed by atoms with Crippen molar-refractivity contribution in [2.24, 2.45) is 0 Å². The van der Waals surface area contributed by atoms with Crippen molar-refractivity contribution in [1.29, 1.82) is 0 Å². The van der Waals surface area contributed by atoms with Crippen molar-refractivity contribution < 1.29 is 0 Å². The molecule has 0 bridgehead atoms. The molecule has 100 valence electrons. The fourth-order valence-electron chi connectivity index (χ4n) is 2.56. The van der Waals surface area contributed by atoms with E-state index in [4.69, 9.17) is 5.73 Å². The van der Waals surface area contributed by atoms with Crippen LogP contribution in [-0.4, -0.2) is 42.8 Å². The quantitative estimate of drug-likeness (QED) is 0.808. The third-order valence-electron chi connectivity index (χ3n) is 3.69. The largest absolute Gasteiger partial charge is 0.384 e. The summed E-state index contributed by atoms with van der Waals surface area (Å²) in [5, 5.41) is 3.65. The number of rotatable bonds is 1. The smallest absolute Gasteiger partial charge is 0.278 e. The minimum absolute atomic E-state index is 0.0276. The number of likely N-dealkylation sites (N-methyl/N-ethyl adjacent to an activating group) is 1. The van der Waals surface area contributed by atoms with E-state index in [0.29, 0.717) is 5.82 Å². The van der Waals surface area contributed by atoms with Crippen molar-refractivity contribution in [2.75, 3.05) is 44.0 Å². The van der Waals surface area contributed by atoms with Crippen LogP contribution in [0.2, 0.25) is 0 Å². The zero-order valence-electron chi connectivity index (χ0n) is 11.0. The lowest BCUT2D eigenvalue weighted by atomic mass is 10.2. The number of nitrogens with zero attached hydrogens (tertiary/aromatic N) is 3. The molecule has 3 rings (SSSR count). The number of hydrogen-bond acceptors (Lipinski definition) is 4. The molecule has 1 aliphatic rings. The van der Waals surface area contributed by atoms with Crippen LogP contribution in [0.5, 0.6) is 0 Å². The van der Waals surface area contributed by atoms with Crippen LogP contribution in [0, 0.1) is 0 Å². The molecule has 2 N–H and O–H groups in total. The molecule has 1 aromatic carbocycles. The van der Waals surface area contributed by atoms with E-state index in [9.17, 15) is 4.79 Å². The van der Waals surface area contributed by atoms with Gasteiger partial charge in [-0.05, 0) is 24.6 Å². The lowest BCUT2D eigenvalue weighted by Gasteiger charge is -2.35. The van der Waals surface area contributed by atoms with Crippen LogP contribution in [-0.2, 0) is 0 Å². The first-order valence-electron chi connectivity index (χ1n) is 6.51. The van der Waals surface area contributed by atoms with Crippen LogP contribution >= 0.6 is 0 Å². The maximum Gasteiger partial charge on any atom is 0.278 e.